The molecular weight excluding hydrogens is 239 g/mol. The number of hydrogen-bond acceptors (Lipinski definition) is 1. The zero-order valence-electron chi connectivity index (χ0n) is 11.0. The summed E-state index contributed by atoms with van der Waals surface area (Å²) in [5.74, 6) is 0. The molecule has 0 aliphatic heterocycles. The topological polar surface area (TPSA) is 26.0 Å². The average molecular weight is 259 g/mol. The first-order chi connectivity index (χ1) is 8.08. The van der Waals surface area contributed by atoms with E-state index >= 15 is 0 Å². The highest BCUT2D eigenvalue weighted by molar-refractivity contribution is 5.26. The number of nitrogens with two attached hydrogens (primary N) is 1. The maximum absolute atomic E-state index is 12.5. The highest BCUT2D eigenvalue weighted by Gasteiger charge is 2.30. The Bertz CT molecular complexity index is 391. The van der Waals surface area contributed by atoms with Gasteiger partial charge in [0.05, 0.1) is 5.56 Å². The van der Waals surface area contributed by atoms with Crippen molar-refractivity contribution in [3.8, 4) is 0 Å². The van der Waals surface area contributed by atoms with E-state index in [0.29, 0.717) is 12.0 Å². The lowest BCUT2D eigenvalue weighted by Crippen LogP contribution is -2.28. The lowest BCUT2D eigenvalue weighted by atomic mass is 9.86. The van der Waals surface area contributed by atoms with E-state index in [1.54, 1.807) is 6.07 Å². The van der Waals surface area contributed by atoms with Crippen LogP contribution < -0.4 is 5.73 Å². The molecule has 0 saturated heterocycles. The molecule has 102 valence electrons. The summed E-state index contributed by atoms with van der Waals surface area (Å²) in [6.07, 6.45) is -3.03. The molecule has 0 bridgehead atoms. The van der Waals surface area contributed by atoms with Crippen LogP contribution in [0.5, 0.6) is 0 Å². The fourth-order valence-electron chi connectivity index (χ4n) is 2.04. The Morgan fingerprint density at radius 3 is 2.28 bits per heavy atom. The number of benzene rings is 1. The summed E-state index contributed by atoms with van der Waals surface area (Å²) in [5.41, 5.74) is 6.09. The summed E-state index contributed by atoms with van der Waals surface area (Å²) >= 11 is 0. The van der Waals surface area contributed by atoms with Crippen LogP contribution in [0.15, 0.2) is 24.3 Å². The van der Waals surface area contributed by atoms with Crippen molar-refractivity contribution in [2.75, 3.05) is 0 Å². The lowest BCUT2D eigenvalue weighted by molar-refractivity contribution is -0.137. The van der Waals surface area contributed by atoms with Crippen molar-refractivity contribution in [3.05, 3.63) is 35.4 Å². The Kier molecular flexibility index (Phi) is 4.43. The minimum absolute atomic E-state index is 0.0844. The SMILES string of the molecule is CC(C)(C)CC(N)Cc1cccc(C(F)(F)F)c1. The van der Waals surface area contributed by atoms with Crippen molar-refractivity contribution in [1.29, 1.82) is 0 Å². The Labute approximate surface area is 106 Å². The predicted octanol–water partition coefficient (Wildman–Crippen LogP) is 4.01. The molecular formula is C14H20F3N. The quantitative estimate of drug-likeness (QED) is 0.872. The third kappa shape index (κ3) is 5.08. The molecule has 1 unspecified atom stereocenters. The lowest BCUT2D eigenvalue weighted by Gasteiger charge is -2.23. The fraction of sp³-hybridized carbons (Fsp3) is 0.571. The van der Waals surface area contributed by atoms with E-state index in [1.165, 1.54) is 12.1 Å². The number of halogens is 3. The zero-order chi connectivity index (χ0) is 14.0. The van der Waals surface area contributed by atoms with E-state index in [2.05, 4.69) is 20.8 Å². The predicted molar refractivity (Wildman–Crippen MR) is 67.2 cm³/mol. The van der Waals surface area contributed by atoms with E-state index in [9.17, 15) is 13.2 Å². The first-order valence-corrected chi connectivity index (χ1v) is 6.00. The molecule has 0 spiro atoms. The van der Waals surface area contributed by atoms with Gasteiger partial charge in [0.2, 0.25) is 0 Å². The number of alkyl halides is 3. The van der Waals surface area contributed by atoms with Crippen LogP contribution in [0.4, 0.5) is 13.2 Å². The molecule has 0 aromatic heterocycles. The molecule has 0 aliphatic rings. The van der Waals surface area contributed by atoms with Crippen LogP contribution in [0.1, 0.15) is 38.3 Å². The number of hydrogen-bond donors (Lipinski definition) is 1. The van der Waals surface area contributed by atoms with Gasteiger partial charge in [-0.25, -0.2) is 0 Å². The molecule has 0 radical (unpaired) electrons. The van der Waals surface area contributed by atoms with Gasteiger partial charge in [0.15, 0.2) is 0 Å². The molecule has 1 nitrogen and oxygen atoms in total. The van der Waals surface area contributed by atoms with Gasteiger partial charge in [-0.2, -0.15) is 13.2 Å². The summed E-state index contributed by atoms with van der Waals surface area (Å²) < 4.78 is 37.6. The first-order valence-electron chi connectivity index (χ1n) is 6.00. The molecule has 18 heavy (non-hydrogen) atoms. The van der Waals surface area contributed by atoms with Gasteiger partial charge in [0.25, 0.3) is 0 Å². The third-order valence-electron chi connectivity index (χ3n) is 2.63. The number of rotatable bonds is 3. The molecule has 1 rings (SSSR count). The van der Waals surface area contributed by atoms with Crippen LogP contribution in [0, 0.1) is 5.41 Å². The Balaban J connectivity index is 2.74. The maximum Gasteiger partial charge on any atom is 0.416 e. The standard InChI is InChI=1S/C14H20F3N/c1-13(2,3)9-12(18)8-10-5-4-6-11(7-10)14(15,16)17/h4-7,12H,8-9,18H2,1-3H3. The monoisotopic (exact) mass is 259 g/mol. The minimum atomic E-state index is -4.29. The van der Waals surface area contributed by atoms with Crippen LogP contribution >= 0.6 is 0 Å². The molecule has 0 fully saturated rings. The maximum atomic E-state index is 12.5. The fourth-order valence-corrected chi connectivity index (χ4v) is 2.04. The molecule has 2 N–H and O–H groups in total. The second kappa shape index (κ2) is 5.31. The van der Waals surface area contributed by atoms with E-state index in [-0.39, 0.29) is 11.5 Å². The van der Waals surface area contributed by atoms with E-state index in [0.717, 1.165) is 12.5 Å². The van der Waals surface area contributed by atoms with Gasteiger partial charge in [-0.1, -0.05) is 39.0 Å². The van der Waals surface area contributed by atoms with E-state index in [4.69, 9.17) is 5.73 Å². The third-order valence-corrected chi connectivity index (χ3v) is 2.63. The Morgan fingerprint density at radius 2 is 1.78 bits per heavy atom. The van der Waals surface area contributed by atoms with Crippen LogP contribution in [0.2, 0.25) is 0 Å². The molecule has 0 saturated carbocycles. The van der Waals surface area contributed by atoms with Gasteiger partial charge in [0, 0.05) is 6.04 Å². The van der Waals surface area contributed by atoms with Gasteiger partial charge < -0.3 is 5.73 Å². The smallest absolute Gasteiger partial charge is 0.327 e. The minimum Gasteiger partial charge on any atom is -0.327 e. The van der Waals surface area contributed by atoms with Crippen molar-refractivity contribution in [1.82, 2.24) is 0 Å². The highest BCUT2D eigenvalue weighted by Crippen LogP contribution is 2.30. The van der Waals surface area contributed by atoms with Crippen molar-refractivity contribution in [3.63, 3.8) is 0 Å². The van der Waals surface area contributed by atoms with E-state index < -0.39 is 11.7 Å². The second-order valence-electron chi connectivity index (χ2n) is 5.93. The molecule has 0 amide bonds. The van der Waals surface area contributed by atoms with Gasteiger partial charge in [-0.15, -0.1) is 0 Å². The van der Waals surface area contributed by atoms with Crippen LogP contribution in [-0.4, -0.2) is 6.04 Å². The van der Waals surface area contributed by atoms with Gasteiger partial charge in [0.1, 0.15) is 0 Å². The zero-order valence-corrected chi connectivity index (χ0v) is 11.0. The molecule has 1 atom stereocenters. The summed E-state index contributed by atoms with van der Waals surface area (Å²) in [4.78, 5) is 0. The highest BCUT2D eigenvalue weighted by atomic mass is 19.4. The van der Waals surface area contributed by atoms with Crippen LogP contribution in [-0.2, 0) is 12.6 Å². The molecule has 0 heterocycles. The summed E-state index contributed by atoms with van der Waals surface area (Å²) in [6.45, 7) is 6.21. The molecule has 4 heteroatoms. The van der Waals surface area contributed by atoms with Crippen LogP contribution in [0.3, 0.4) is 0 Å². The summed E-state index contributed by atoms with van der Waals surface area (Å²) in [5, 5.41) is 0. The van der Waals surface area contributed by atoms with Crippen molar-refractivity contribution in [2.24, 2.45) is 11.1 Å². The first kappa shape index (κ1) is 15.0. The van der Waals surface area contributed by atoms with Crippen molar-refractivity contribution >= 4 is 0 Å². The van der Waals surface area contributed by atoms with E-state index in [1.807, 2.05) is 0 Å². The van der Waals surface area contributed by atoms with Crippen molar-refractivity contribution in [2.45, 2.75) is 45.8 Å². The van der Waals surface area contributed by atoms with Gasteiger partial charge in [-0.3, -0.25) is 0 Å². The summed E-state index contributed by atoms with van der Waals surface area (Å²) in [6, 6.07) is 5.27. The normalized spacial score (nSPS) is 14.6. The van der Waals surface area contributed by atoms with Gasteiger partial charge >= 0.3 is 6.18 Å². The molecule has 1 aromatic carbocycles. The largest absolute Gasteiger partial charge is 0.416 e. The Hall–Kier alpha value is -1.03. The Morgan fingerprint density at radius 1 is 1.17 bits per heavy atom. The van der Waals surface area contributed by atoms with Crippen molar-refractivity contribution < 1.29 is 13.2 Å². The van der Waals surface area contributed by atoms with Gasteiger partial charge in [-0.05, 0) is 29.9 Å². The summed E-state index contributed by atoms with van der Waals surface area (Å²) in [7, 11) is 0. The average Bonchev–Trinajstić information content (AvgIpc) is 2.13. The van der Waals surface area contributed by atoms with Crippen LogP contribution in [0.25, 0.3) is 0 Å². The second-order valence-corrected chi connectivity index (χ2v) is 5.93. The molecule has 1 aromatic rings. The molecule has 0 aliphatic carbocycles.